The number of ether oxygens (including phenoxy) is 1. The number of rotatable bonds is 53. The molecule has 3 N–H and O–H groups in total. The fourth-order valence-corrected chi connectivity index (χ4v) is 8.93. The van der Waals surface area contributed by atoms with Crippen molar-refractivity contribution in [3.8, 4) is 0 Å². The van der Waals surface area contributed by atoms with E-state index in [1.54, 1.807) is 6.08 Å². The second-order valence-corrected chi connectivity index (χ2v) is 19.6. The predicted molar refractivity (Wildman–Crippen MR) is 273 cm³/mol. The summed E-state index contributed by atoms with van der Waals surface area (Å²) < 4.78 is 5.48. The minimum Gasteiger partial charge on any atom is -0.466 e. The van der Waals surface area contributed by atoms with Crippen LogP contribution in [0.2, 0.25) is 0 Å². The molecule has 0 heterocycles. The van der Waals surface area contributed by atoms with E-state index < -0.39 is 12.1 Å². The normalized spacial score (nSPS) is 12.6. The molecule has 0 aliphatic rings. The Hall–Kier alpha value is -1.40. The fourth-order valence-electron chi connectivity index (χ4n) is 8.93. The summed E-state index contributed by atoms with van der Waals surface area (Å²) in [5.41, 5.74) is 0. The van der Waals surface area contributed by atoms with Crippen molar-refractivity contribution in [1.29, 1.82) is 0 Å². The molecule has 6 heteroatoms. The van der Waals surface area contributed by atoms with Crippen LogP contribution in [0.1, 0.15) is 316 Å². The number of aliphatic hydroxyl groups is 2. The molecule has 0 rings (SSSR count). The van der Waals surface area contributed by atoms with Gasteiger partial charge in [-0.3, -0.25) is 9.59 Å². The number of carbonyl (C=O) groups excluding carboxylic acids is 2. The second kappa shape index (κ2) is 53.2. The van der Waals surface area contributed by atoms with Crippen molar-refractivity contribution in [2.45, 2.75) is 328 Å². The van der Waals surface area contributed by atoms with Crippen LogP contribution in [0.15, 0.2) is 12.2 Å². The highest BCUT2D eigenvalue weighted by molar-refractivity contribution is 5.76. The molecule has 1 amide bonds. The van der Waals surface area contributed by atoms with Crippen LogP contribution in [0.5, 0.6) is 0 Å². The van der Waals surface area contributed by atoms with Crippen LogP contribution in [-0.2, 0) is 14.3 Å². The minimum atomic E-state index is -0.845. The average Bonchev–Trinajstić information content (AvgIpc) is 3.28. The lowest BCUT2D eigenvalue weighted by molar-refractivity contribution is -0.143. The van der Waals surface area contributed by atoms with Crippen LogP contribution in [0.4, 0.5) is 0 Å². The summed E-state index contributed by atoms with van der Waals surface area (Å²) in [7, 11) is 0. The Morgan fingerprint density at radius 3 is 1.08 bits per heavy atom. The van der Waals surface area contributed by atoms with Gasteiger partial charge >= 0.3 is 5.97 Å². The van der Waals surface area contributed by atoms with Gasteiger partial charge in [0.2, 0.25) is 5.91 Å². The molecule has 0 radical (unpaired) electrons. The number of amides is 1. The Balaban J connectivity index is 3.40. The third-order valence-corrected chi connectivity index (χ3v) is 13.3. The summed E-state index contributed by atoms with van der Waals surface area (Å²) in [6.07, 6.45) is 62.3. The molecule has 0 saturated heterocycles. The third-order valence-electron chi connectivity index (χ3n) is 13.3. The number of hydrogen-bond donors (Lipinski definition) is 3. The number of carbonyl (C=O) groups is 2. The van der Waals surface area contributed by atoms with Crippen LogP contribution in [0.25, 0.3) is 0 Å². The van der Waals surface area contributed by atoms with Crippen LogP contribution >= 0.6 is 0 Å². The first-order valence-corrected chi connectivity index (χ1v) is 28.5. The highest BCUT2D eigenvalue weighted by Gasteiger charge is 2.18. The molecular weight excluding hydrogens is 779 g/mol. The van der Waals surface area contributed by atoms with Crippen molar-refractivity contribution in [2.75, 3.05) is 13.2 Å². The van der Waals surface area contributed by atoms with Gasteiger partial charge in [-0.15, -0.1) is 0 Å². The number of nitrogens with one attached hydrogen (secondary N) is 1. The van der Waals surface area contributed by atoms with E-state index in [4.69, 9.17) is 4.74 Å². The van der Waals surface area contributed by atoms with Gasteiger partial charge < -0.3 is 20.3 Å². The predicted octanol–water partition coefficient (Wildman–Crippen LogP) is 17.3. The first-order chi connectivity index (χ1) is 31.0. The monoisotopic (exact) mass is 890 g/mol. The summed E-state index contributed by atoms with van der Waals surface area (Å²) in [4.78, 5) is 24.5. The van der Waals surface area contributed by atoms with Crippen LogP contribution < -0.4 is 5.32 Å². The maximum atomic E-state index is 12.4. The van der Waals surface area contributed by atoms with E-state index >= 15 is 0 Å². The topological polar surface area (TPSA) is 95.9 Å². The zero-order valence-corrected chi connectivity index (χ0v) is 42.6. The van der Waals surface area contributed by atoms with Crippen molar-refractivity contribution in [3.63, 3.8) is 0 Å². The van der Waals surface area contributed by atoms with Crippen molar-refractivity contribution < 1.29 is 24.5 Å². The largest absolute Gasteiger partial charge is 0.466 e. The fraction of sp³-hybridized carbons (Fsp3) is 0.930. The number of allylic oxidation sites excluding steroid dienone is 1. The smallest absolute Gasteiger partial charge is 0.305 e. The molecule has 0 aromatic carbocycles. The van der Waals surface area contributed by atoms with Gasteiger partial charge in [0, 0.05) is 12.8 Å². The highest BCUT2D eigenvalue weighted by atomic mass is 16.5. The average molecular weight is 891 g/mol. The molecular formula is C57H111NO5. The molecule has 374 valence electrons. The van der Waals surface area contributed by atoms with Crippen molar-refractivity contribution in [1.82, 2.24) is 5.32 Å². The Labute approximate surface area is 393 Å². The summed E-state index contributed by atoms with van der Waals surface area (Å²) in [6.45, 7) is 4.91. The Bertz CT molecular complexity index is 939. The number of esters is 1. The molecule has 63 heavy (non-hydrogen) atoms. The summed E-state index contributed by atoms with van der Waals surface area (Å²) in [5, 5.41) is 23.1. The summed E-state index contributed by atoms with van der Waals surface area (Å²) >= 11 is 0. The van der Waals surface area contributed by atoms with E-state index in [0.29, 0.717) is 19.4 Å². The molecule has 0 aromatic heterocycles. The SMILES string of the molecule is CCCCCCCCCCCCC/C=C/C(O)C(CO)NC(=O)CCCCCCCCCCCCCCCCCCCCOC(=O)CCCCCCCCCCCCCCCCC. The van der Waals surface area contributed by atoms with Crippen LogP contribution in [0, 0.1) is 0 Å². The first kappa shape index (κ1) is 61.6. The molecule has 0 spiro atoms. The van der Waals surface area contributed by atoms with E-state index in [-0.39, 0.29) is 18.5 Å². The molecule has 0 aromatic rings. The lowest BCUT2D eigenvalue weighted by Gasteiger charge is -2.20. The van der Waals surface area contributed by atoms with Crippen molar-refractivity contribution >= 4 is 11.9 Å². The third kappa shape index (κ3) is 49.9. The molecule has 0 saturated carbocycles. The Morgan fingerprint density at radius 2 is 0.730 bits per heavy atom. The van der Waals surface area contributed by atoms with E-state index in [1.165, 1.54) is 250 Å². The highest BCUT2D eigenvalue weighted by Crippen LogP contribution is 2.17. The maximum absolute atomic E-state index is 12.4. The van der Waals surface area contributed by atoms with Gasteiger partial charge in [-0.1, -0.05) is 283 Å². The van der Waals surface area contributed by atoms with E-state index in [0.717, 1.165) is 38.5 Å². The molecule has 0 aliphatic carbocycles. The Kier molecular flexibility index (Phi) is 52.0. The molecule has 0 bridgehead atoms. The second-order valence-electron chi connectivity index (χ2n) is 19.6. The zero-order chi connectivity index (χ0) is 45.8. The van der Waals surface area contributed by atoms with Crippen molar-refractivity contribution in [2.24, 2.45) is 0 Å². The van der Waals surface area contributed by atoms with E-state index in [9.17, 15) is 19.8 Å². The number of aliphatic hydroxyl groups excluding tert-OH is 2. The molecule has 2 atom stereocenters. The van der Waals surface area contributed by atoms with Crippen LogP contribution in [0.3, 0.4) is 0 Å². The van der Waals surface area contributed by atoms with Gasteiger partial charge in [-0.2, -0.15) is 0 Å². The lowest BCUT2D eigenvalue weighted by Crippen LogP contribution is -2.45. The van der Waals surface area contributed by atoms with Gasteiger partial charge in [-0.05, 0) is 32.1 Å². The lowest BCUT2D eigenvalue weighted by atomic mass is 10.0. The van der Waals surface area contributed by atoms with E-state index in [2.05, 4.69) is 19.2 Å². The summed E-state index contributed by atoms with van der Waals surface area (Å²) in [5.74, 6) is -0.0613. The molecule has 0 fully saturated rings. The quantitative estimate of drug-likeness (QED) is 0.0321. The molecule has 0 aliphatic heterocycles. The maximum Gasteiger partial charge on any atom is 0.305 e. The van der Waals surface area contributed by atoms with Gasteiger partial charge in [0.25, 0.3) is 0 Å². The standard InChI is InChI=1S/C57H111NO5/c1-3-5-7-9-11-13-15-17-22-27-31-35-39-43-47-51-57(62)63-52-48-44-40-36-32-28-24-21-19-18-20-23-26-30-34-38-42-46-50-56(61)58-54(53-59)55(60)49-45-41-37-33-29-25-16-14-12-10-8-6-4-2/h45,49,54-55,59-60H,3-44,46-48,50-53H2,1-2H3,(H,58,61)/b49-45+. The zero-order valence-electron chi connectivity index (χ0n) is 42.6. The van der Waals surface area contributed by atoms with Gasteiger partial charge in [0.1, 0.15) is 0 Å². The first-order valence-electron chi connectivity index (χ1n) is 28.5. The van der Waals surface area contributed by atoms with E-state index in [1.807, 2.05) is 6.08 Å². The molecule has 2 unspecified atom stereocenters. The molecule has 6 nitrogen and oxygen atoms in total. The van der Waals surface area contributed by atoms with Gasteiger partial charge in [-0.25, -0.2) is 0 Å². The van der Waals surface area contributed by atoms with Crippen LogP contribution in [-0.4, -0.2) is 47.4 Å². The van der Waals surface area contributed by atoms with Gasteiger partial charge in [0.15, 0.2) is 0 Å². The van der Waals surface area contributed by atoms with Crippen molar-refractivity contribution in [3.05, 3.63) is 12.2 Å². The Morgan fingerprint density at radius 1 is 0.429 bits per heavy atom. The van der Waals surface area contributed by atoms with Gasteiger partial charge in [0.05, 0.1) is 25.4 Å². The summed E-state index contributed by atoms with van der Waals surface area (Å²) in [6, 6.07) is -0.629. The minimum absolute atomic E-state index is 0.00969. The number of unbranched alkanes of at least 4 members (excludes halogenated alkanes) is 42. The number of hydrogen-bond acceptors (Lipinski definition) is 5.